The third-order valence-electron chi connectivity index (χ3n) is 5.73. The van der Waals surface area contributed by atoms with Crippen LogP contribution in [0.3, 0.4) is 0 Å². The SMILES string of the molecule is C=CC(=O)NCCCC[C@H](CNC(=O)CCCc1c[nH]c2ccccc12)C(=O)NC(=O)CCC(=O)O. The van der Waals surface area contributed by atoms with Gasteiger partial charge in [-0.2, -0.15) is 0 Å². The lowest BCUT2D eigenvalue weighted by Crippen LogP contribution is -2.41. The predicted octanol–water partition coefficient (Wildman–Crippen LogP) is 2.20. The summed E-state index contributed by atoms with van der Waals surface area (Å²) in [6, 6.07) is 7.96. The Kier molecular flexibility index (Phi) is 11.9. The lowest BCUT2D eigenvalue weighted by Gasteiger charge is -2.17. The van der Waals surface area contributed by atoms with Gasteiger partial charge in [-0.15, -0.1) is 0 Å². The number of unbranched alkanes of at least 4 members (excludes halogenated alkanes) is 1. The molecule has 0 radical (unpaired) electrons. The molecule has 0 spiro atoms. The maximum Gasteiger partial charge on any atom is 0.303 e. The largest absolute Gasteiger partial charge is 0.481 e. The Bertz CT molecular complexity index is 1080. The molecule has 4 amide bonds. The van der Waals surface area contributed by atoms with E-state index in [9.17, 15) is 24.0 Å². The van der Waals surface area contributed by atoms with Gasteiger partial charge in [0.2, 0.25) is 23.6 Å². The molecule has 0 saturated carbocycles. The summed E-state index contributed by atoms with van der Waals surface area (Å²) in [7, 11) is 0. The third kappa shape index (κ3) is 10.1. The zero-order valence-corrected chi connectivity index (χ0v) is 20.3. The molecule has 10 nitrogen and oxygen atoms in total. The minimum atomic E-state index is -1.13. The second kappa shape index (κ2) is 15.1. The number of nitrogens with one attached hydrogen (secondary N) is 4. The number of aromatic nitrogens is 1. The van der Waals surface area contributed by atoms with Crippen LogP contribution in [0.1, 0.15) is 50.5 Å². The van der Waals surface area contributed by atoms with Gasteiger partial charge in [0.15, 0.2) is 0 Å². The highest BCUT2D eigenvalue weighted by atomic mass is 16.4. The average Bonchev–Trinajstić information content (AvgIpc) is 3.27. The zero-order chi connectivity index (χ0) is 26.3. The monoisotopic (exact) mass is 498 g/mol. The Labute approximate surface area is 209 Å². The van der Waals surface area contributed by atoms with Crippen LogP contribution in [-0.4, -0.2) is 52.8 Å². The highest BCUT2D eigenvalue weighted by molar-refractivity contribution is 5.97. The number of fused-ring (bicyclic) bond motifs is 1. The molecule has 36 heavy (non-hydrogen) atoms. The summed E-state index contributed by atoms with van der Waals surface area (Å²) in [6.07, 6.45) is 5.67. The molecule has 0 aliphatic carbocycles. The number of aromatic amines is 1. The van der Waals surface area contributed by atoms with Gasteiger partial charge in [-0.25, -0.2) is 0 Å². The zero-order valence-electron chi connectivity index (χ0n) is 20.3. The van der Waals surface area contributed by atoms with Gasteiger partial charge in [0.25, 0.3) is 0 Å². The van der Waals surface area contributed by atoms with E-state index < -0.39 is 23.7 Å². The number of hydrogen-bond acceptors (Lipinski definition) is 5. The average molecular weight is 499 g/mol. The number of para-hydroxylation sites is 1. The van der Waals surface area contributed by atoms with E-state index in [-0.39, 0.29) is 31.2 Å². The van der Waals surface area contributed by atoms with E-state index >= 15 is 0 Å². The number of amides is 4. The third-order valence-corrected chi connectivity index (χ3v) is 5.73. The standard InChI is InChI=1S/C26H34N4O6/c1-2-22(31)27-15-6-5-8-19(26(36)30-24(33)13-14-25(34)35)17-29-23(32)12-7-9-18-16-28-21-11-4-3-10-20(18)21/h2-4,10-11,16,19,28H,1,5-9,12-15,17H2,(H,27,31)(H,29,32)(H,34,35)(H,30,33,36)/t19-/m1/s1. The Balaban J connectivity index is 1.81. The summed E-state index contributed by atoms with van der Waals surface area (Å²) in [5, 5.41) is 17.5. The number of carbonyl (C=O) groups is 5. The van der Waals surface area contributed by atoms with Gasteiger partial charge in [0.1, 0.15) is 0 Å². The van der Waals surface area contributed by atoms with Crippen LogP contribution in [0.4, 0.5) is 0 Å². The first-order chi connectivity index (χ1) is 17.3. The van der Waals surface area contributed by atoms with E-state index in [2.05, 4.69) is 27.5 Å². The fourth-order valence-electron chi connectivity index (χ4n) is 3.75. The van der Waals surface area contributed by atoms with Crippen molar-refractivity contribution >= 4 is 40.5 Å². The number of aryl methyl sites for hydroxylation is 1. The molecule has 5 N–H and O–H groups in total. The number of benzene rings is 1. The number of H-pyrrole nitrogens is 1. The number of carboxylic acids is 1. The number of aliphatic carboxylic acids is 1. The number of carboxylic acid groups (broad SMARTS) is 1. The second-order valence-electron chi connectivity index (χ2n) is 8.51. The van der Waals surface area contributed by atoms with Crippen LogP contribution in [-0.2, 0) is 30.4 Å². The van der Waals surface area contributed by atoms with Crippen LogP contribution in [0.2, 0.25) is 0 Å². The smallest absolute Gasteiger partial charge is 0.303 e. The van der Waals surface area contributed by atoms with Gasteiger partial charge in [-0.05, 0) is 43.4 Å². The first kappa shape index (κ1) is 28.3. The van der Waals surface area contributed by atoms with E-state index in [1.54, 1.807) is 0 Å². The number of hydrogen-bond donors (Lipinski definition) is 5. The normalized spacial score (nSPS) is 11.4. The Morgan fingerprint density at radius 2 is 1.75 bits per heavy atom. The molecule has 2 rings (SSSR count). The van der Waals surface area contributed by atoms with Crippen LogP contribution in [0.15, 0.2) is 43.1 Å². The van der Waals surface area contributed by atoms with Crippen molar-refractivity contribution < 1.29 is 29.1 Å². The first-order valence-corrected chi connectivity index (χ1v) is 12.1. The van der Waals surface area contributed by atoms with Crippen LogP contribution in [0.5, 0.6) is 0 Å². The minimum Gasteiger partial charge on any atom is -0.481 e. The topological polar surface area (TPSA) is 157 Å². The fourth-order valence-corrected chi connectivity index (χ4v) is 3.75. The molecule has 0 aliphatic heterocycles. The predicted molar refractivity (Wildman–Crippen MR) is 135 cm³/mol. The van der Waals surface area contributed by atoms with Crippen molar-refractivity contribution in [2.75, 3.05) is 13.1 Å². The van der Waals surface area contributed by atoms with Crippen molar-refractivity contribution in [2.24, 2.45) is 5.92 Å². The van der Waals surface area contributed by atoms with Crippen molar-refractivity contribution in [3.8, 4) is 0 Å². The highest BCUT2D eigenvalue weighted by Gasteiger charge is 2.21. The van der Waals surface area contributed by atoms with Crippen LogP contribution in [0, 0.1) is 5.92 Å². The molecule has 10 heteroatoms. The Morgan fingerprint density at radius 3 is 2.50 bits per heavy atom. The highest BCUT2D eigenvalue weighted by Crippen LogP contribution is 2.19. The molecule has 2 aromatic rings. The van der Waals surface area contributed by atoms with Crippen LogP contribution < -0.4 is 16.0 Å². The van der Waals surface area contributed by atoms with Crippen molar-refractivity contribution in [1.29, 1.82) is 0 Å². The summed E-state index contributed by atoms with van der Waals surface area (Å²) < 4.78 is 0. The summed E-state index contributed by atoms with van der Waals surface area (Å²) in [4.78, 5) is 62.0. The molecular formula is C26H34N4O6. The van der Waals surface area contributed by atoms with Crippen LogP contribution >= 0.6 is 0 Å². The van der Waals surface area contributed by atoms with E-state index in [0.717, 1.165) is 22.9 Å². The van der Waals surface area contributed by atoms with Gasteiger partial charge < -0.3 is 20.7 Å². The summed E-state index contributed by atoms with van der Waals surface area (Å²) in [5.41, 5.74) is 2.19. The molecule has 0 unspecified atom stereocenters. The minimum absolute atomic E-state index is 0.0585. The molecule has 1 aromatic carbocycles. The Morgan fingerprint density at radius 1 is 0.972 bits per heavy atom. The lowest BCUT2D eigenvalue weighted by molar-refractivity contribution is -0.140. The summed E-state index contributed by atoms with van der Waals surface area (Å²) >= 11 is 0. The number of rotatable bonds is 16. The van der Waals surface area contributed by atoms with E-state index in [4.69, 9.17) is 5.11 Å². The lowest BCUT2D eigenvalue weighted by atomic mass is 10.00. The van der Waals surface area contributed by atoms with Crippen LogP contribution in [0.25, 0.3) is 10.9 Å². The van der Waals surface area contributed by atoms with Crippen molar-refractivity contribution in [3.63, 3.8) is 0 Å². The summed E-state index contributed by atoms with van der Waals surface area (Å²) in [5.74, 6) is -3.49. The molecule has 1 aromatic heterocycles. The molecule has 0 bridgehead atoms. The molecular weight excluding hydrogens is 464 g/mol. The molecule has 0 aliphatic rings. The molecule has 0 saturated heterocycles. The second-order valence-corrected chi connectivity index (χ2v) is 8.51. The fraction of sp³-hybridized carbons (Fsp3) is 0.423. The number of carbonyl (C=O) groups excluding carboxylic acids is 4. The van der Waals surface area contributed by atoms with Gasteiger partial charge in [-0.1, -0.05) is 31.2 Å². The van der Waals surface area contributed by atoms with Gasteiger partial charge in [-0.3, -0.25) is 29.3 Å². The molecule has 1 atom stereocenters. The van der Waals surface area contributed by atoms with Crippen molar-refractivity contribution in [3.05, 3.63) is 48.7 Å². The summed E-state index contributed by atoms with van der Waals surface area (Å²) in [6.45, 7) is 3.85. The number of imide groups is 1. The van der Waals surface area contributed by atoms with Crippen molar-refractivity contribution in [1.82, 2.24) is 20.9 Å². The maximum absolute atomic E-state index is 12.6. The van der Waals surface area contributed by atoms with E-state index in [1.807, 2.05) is 30.5 Å². The maximum atomic E-state index is 12.6. The van der Waals surface area contributed by atoms with Gasteiger partial charge in [0.05, 0.1) is 12.3 Å². The van der Waals surface area contributed by atoms with Gasteiger partial charge in [0, 0.05) is 43.0 Å². The molecule has 194 valence electrons. The van der Waals surface area contributed by atoms with E-state index in [1.165, 1.54) is 6.08 Å². The Hall–Kier alpha value is -3.95. The molecule has 0 fully saturated rings. The van der Waals surface area contributed by atoms with E-state index in [0.29, 0.717) is 38.6 Å². The quantitative estimate of drug-likeness (QED) is 0.176. The van der Waals surface area contributed by atoms with Crippen molar-refractivity contribution in [2.45, 2.75) is 51.4 Å². The molecule has 1 heterocycles. The first-order valence-electron chi connectivity index (χ1n) is 12.1. The van der Waals surface area contributed by atoms with Gasteiger partial charge >= 0.3 is 5.97 Å².